The largest absolute Gasteiger partial charge is 0.487 e. The van der Waals surface area contributed by atoms with Gasteiger partial charge in [0.15, 0.2) is 0 Å². The molecule has 22 heavy (non-hydrogen) atoms. The van der Waals surface area contributed by atoms with Gasteiger partial charge in [0.2, 0.25) is 0 Å². The topological polar surface area (TPSA) is 68.7 Å². The molecule has 0 radical (unpaired) electrons. The average molecular weight is 327 g/mol. The fourth-order valence-electron chi connectivity index (χ4n) is 2.36. The summed E-state index contributed by atoms with van der Waals surface area (Å²) in [5.74, 6) is 0.286. The number of nitrogens with two attached hydrogens (primary N) is 1. The lowest BCUT2D eigenvalue weighted by atomic mass is 10.1. The second-order valence-corrected chi connectivity index (χ2v) is 4.96. The van der Waals surface area contributed by atoms with E-state index >= 15 is 0 Å². The number of furan rings is 1. The maximum absolute atomic E-state index is 13.3. The zero-order chi connectivity index (χ0) is 15.0. The van der Waals surface area contributed by atoms with Gasteiger partial charge in [0.1, 0.15) is 29.7 Å². The number of rotatable bonds is 2. The first-order valence-electron chi connectivity index (χ1n) is 6.64. The maximum atomic E-state index is 13.3. The lowest BCUT2D eigenvalue weighted by Gasteiger charge is -2.33. The minimum absolute atomic E-state index is 0. The highest BCUT2D eigenvalue weighted by Gasteiger charge is 2.29. The van der Waals surface area contributed by atoms with Gasteiger partial charge in [-0.1, -0.05) is 0 Å². The van der Waals surface area contributed by atoms with Crippen LogP contribution in [-0.4, -0.2) is 18.6 Å². The van der Waals surface area contributed by atoms with E-state index in [4.69, 9.17) is 14.9 Å². The Morgan fingerprint density at radius 1 is 1.45 bits per heavy atom. The molecule has 1 amide bonds. The number of amides is 1. The van der Waals surface area contributed by atoms with Gasteiger partial charge in [-0.2, -0.15) is 0 Å². The second kappa shape index (κ2) is 6.37. The molecule has 0 saturated heterocycles. The second-order valence-electron chi connectivity index (χ2n) is 4.96. The summed E-state index contributed by atoms with van der Waals surface area (Å²) in [7, 11) is 0. The van der Waals surface area contributed by atoms with Gasteiger partial charge in [0.05, 0.1) is 24.3 Å². The number of hydrogen-bond donors (Lipinski definition) is 1. The molecule has 1 unspecified atom stereocenters. The Balaban J connectivity index is 0.00000176. The van der Waals surface area contributed by atoms with E-state index in [-0.39, 0.29) is 31.0 Å². The van der Waals surface area contributed by atoms with E-state index in [0.29, 0.717) is 29.3 Å². The van der Waals surface area contributed by atoms with Crippen molar-refractivity contribution in [2.24, 2.45) is 5.73 Å². The van der Waals surface area contributed by atoms with Crippen LogP contribution in [-0.2, 0) is 6.54 Å². The Morgan fingerprint density at radius 2 is 2.23 bits per heavy atom. The number of hydrogen-bond acceptors (Lipinski definition) is 4. The minimum atomic E-state index is -0.399. The van der Waals surface area contributed by atoms with E-state index in [1.54, 1.807) is 17.0 Å². The summed E-state index contributed by atoms with van der Waals surface area (Å²) >= 11 is 0. The third-order valence-electron chi connectivity index (χ3n) is 3.33. The smallest absolute Gasteiger partial charge is 0.261 e. The van der Waals surface area contributed by atoms with Crippen LogP contribution in [0.15, 0.2) is 34.9 Å². The van der Waals surface area contributed by atoms with Crippen molar-refractivity contribution in [1.29, 1.82) is 0 Å². The van der Waals surface area contributed by atoms with E-state index < -0.39 is 5.82 Å². The number of fused-ring (bicyclic) bond motifs is 1. The van der Waals surface area contributed by atoms with Crippen molar-refractivity contribution in [3.63, 3.8) is 0 Å². The van der Waals surface area contributed by atoms with Crippen molar-refractivity contribution < 1.29 is 18.3 Å². The first-order valence-corrected chi connectivity index (χ1v) is 6.64. The Labute approximate surface area is 133 Å². The molecular formula is C15H16ClFN2O3. The minimum Gasteiger partial charge on any atom is -0.487 e. The van der Waals surface area contributed by atoms with Gasteiger partial charge in [-0.25, -0.2) is 4.39 Å². The van der Waals surface area contributed by atoms with Gasteiger partial charge in [-0.05, 0) is 25.1 Å². The van der Waals surface area contributed by atoms with Crippen LogP contribution < -0.4 is 15.4 Å². The number of carbonyl (C=O) groups excluding carboxylic acids is 1. The summed E-state index contributed by atoms with van der Waals surface area (Å²) in [6.07, 6.45) is 1.16. The van der Waals surface area contributed by atoms with Crippen molar-refractivity contribution in [2.45, 2.75) is 19.6 Å². The Kier molecular flexibility index (Phi) is 4.73. The molecule has 3 rings (SSSR count). The highest BCUT2D eigenvalue weighted by atomic mass is 35.5. The van der Waals surface area contributed by atoms with E-state index in [0.717, 1.165) is 0 Å². The highest BCUT2D eigenvalue weighted by molar-refractivity contribution is 6.07. The van der Waals surface area contributed by atoms with Gasteiger partial charge in [-0.15, -0.1) is 12.4 Å². The molecule has 2 heterocycles. The molecule has 0 saturated carbocycles. The normalized spacial score (nSPS) is 16.5. The van der Waals surface area contributed by atoms with Crippen LogP contribution in [0.4, 0.5) is 10.1 Å². The van der Waals surface area contributed by atoms with Gasteiger partial charge < -0.3 is 19.8 Å². The van der Waals surface area contributed by atoms with E-state index in [9.17, 15) is 9.18 Å². The SMILES string of the molecule is CC1CN(C(=O)c2coc(CN)c2)c2ccc(F)cc2O1.Cl. The maximum Gasteiger partial charge on any atom is 0.261 e. The van der Waals surface area contributed by atoms with E-state index in [1.165, 1.54) is 18.4 Å². The van der Waals surface area contributed by atoms with Crippen LogP contribution in [0.25, 0.3) is 0 Å². The number of anilines is 1. The summed E-state index contributed by atoms with van der Waals surface area (Å²) < 4.78 is 24.1. The third kappa shape index (κ3) is 2.93. The quantitative estimate of drug-likeness (QED) is 0.921. The van der Waals surface area contributed by atoms with Gasteiger partial charge in [0, 0.05) is 6.07 Å². The van der Waals surface area contributed by atoms with E-state index in [2.05, 4.69) is 0 Å². The predicted molar refractivity (Wildman–Crippen MR) is 82.0 cm³/mol. The number of ether oxygens (including phenoxy) is 1. The first kappa shape index (κ1) is 16.3. The van der Waals surface area contributed by atoms with Crippen molar-refractivity contribution in [1.82, 2.24) is 0 Å². The van der Waals surface area contributed by atoms with Crippen LogP contribution in [0.2, 0.25) is 0 Å². The monoisotopic (exact) mass is 326 g/mol. The van der Waals surface area contributed by atoms with Crippen LogP contribution >= 0.6 is 12.4 Å². The molecule has 0 aliphatic carbocycles. The third-order valence-corrected chi connectivity index (χ3v) is 3.33. The molecule has 1 aliphatic rings. The predicted octanol–water partition coefficient (Wildman–Crippen LogP) is 2.73. The Bertz CT molecular complexity index is 689. The van der Waals surface area contributed by atoms with Gasteiger partial charge >= 0.3 is 0 Å². The Morgan fingerprint density at radius 3 is 2.91 bits per heavy atom. The molecule has 0 fully saturated rings. The number of nitrogens with zero attached hydrogens (tertiary/aromatic N) is 1. The molecule has 5 nitrogen and oxygen atoms in total. The van der Waals surface area contributed by atoms with Crippen LogP contribution in [0, 0.1) is 5.82 Å². The molecular weight excluding hydrogens is 311 g/mol. The number of benzene rings is 1. The zero-order valence-electron chi connectivity index (χ0n) is 11.9. The number of carbonyl (C=O) groups is 1. The summed E-state index contributed by atoms with van der Waals surface area (Å²) in [5.41, 5.74) is 6.44. The molecule has 2 aromatic rings. The summed E-state index contributed by atoms with van der Waals surface area (Å²) in [4.78, 5) is 14.2. The van der Waals surface area contributed by atoms with Crippen molar-refractivity contribution in [2.75, 3.05) is 11.4 Å². The van der Waals surface area contributed by atoms with Gasteiger partial charge in [0.25, 0.3) is 5.91 Å². The molecule has 2 N–H and O–H groups in total. The van der Waals surface area contributed by atoms with Crippen LogP contribution in [0.1, 0.15) is 23.0 Å². The lowest BCUT2D eigenvalue weighted by Crippen LogP contribution is -2.42. The summed E-state index contributed by atoms with van der Waals surface area (Å²) in [6, 6.07) is 5.75. The molecule has 1 atom stereocenters. The molecule has 0 spiro atoms. The molecule has 1 aliphatic heterocycles. The standard InChI is InChI=1S/C15H15FN2O3.ClH/c1-9-7-18(13-3-2-11(16)5-14(13)21-9)15(19)10-4-12(6-17)20-8-10;/h2-5,8-9H,6-7,17H2,1H3;1H. The fourth-order valence-corrected chi connectivity index (χ4v) is 2.36. The molecule has 118 valence electrons. The van der Waals surface area contributed by atoms with Gasteiger partial charge in [-0.3, -0.25) is 4.79 Å². The number of halogens is 2. The average Bonchev–Trinajstić information content (AvgIpc) is 2.94. The summed E-state index contributed by atoms with van der Waals surface area (Å²) in [6.45, 7) is 2.45. The Hall–Kier alpha value is -2.05. The van der Waals surface area contributed by atoms with Crippen LogP contribution in [0.3, 0.4) is 0 Å². The molecule has 0 bridgehead atoms. The zero-order valence-corrected chi connectivity index (χ0v) is 12.7. The summed E-state index contributed by atoms with van der Waals surface area (Å²) in [5, 5.41) is 0. The van der Waals surface area contributed by atoms with Crippen molar-refractivity contribution in [3.05, 3.63) is 47.7 Å². The van der Waals surface area contributed by atoms with Crippen molar-refractivity contribution >= 4 is 24.0 Å². The fraction of sp³-hybridized carbons (Fsp3) is 0.267. The lowest BCUT2D eigenvalue weighted by molar-refractivity contribution is 0.0960. The van der Waals surface area contributed by atoms with Crippen LogP contribution in [0.5, 0.6) is 5.75 Å². The molecule has 7 heteroatoms. The molecule has 1 aromatic carbocycles. The van der Waals surface area contributed by atoms with Crippen molar-refractivity contribution in [3.8, 4) is 5.75 Å². The highest BCUT2D eigenvalue weighted by Crippen LogP contribution is 2.35. The van der Waals surface area contributed by atoms with E-state index in [1.807, 2.05) is 6.92 Å². The molecule has 1 aromatic heterocycles. The first-order chi connectivity index (χ1) is 10.1.